The summed E-state index contributed by atoms with van der Waals surface area (Å²) in [6, 6.07) is 5.42. The molecule has 1 aromatic heterocycles. The SMILES string of the molecule is CSCCC(O)CNC(=O)c1ccc2ncsc2c1. The molecule has 0 fully saturated rings. The molecule has 0 aliphatic carbocycles. The van der Waals surface area contributed by atoms with Crippen molar-refractivity contribution in [3.8, 4) is 0 Å². The Morgan fingerprint density at radius 2 is 2.42 bits per heavy atom. The zero-order chi connectivity index (χ0) is 13.7. The first-order chi connectivity index (χ1) is 9.20. The number of carbonyl (C=O) groups is 1. The zero-order valence-corrected chi connectivity index (χ0v) is 12.3. The number of benzene rings is 1. The second-order valence-electron chi connectivity index (χ2n) is 4.18. The molecule has 0 bridgehead atoms. The molecule has 0 aliphatic rings. The van der Waals surface area contributed by atoms with E-state index in [1.54, 1.807) is 23.3 Å². The van der Waals surface area contributed by atoms with Crippen molar-refractivity contribution in [3.63, 3.8) is 0 Å². The number of hydrogen-bond acceptors (Lipinski definition) is 5. The molecule has 0 spiro atoms. The van der Waals surface area contributed by atoms with E-state index in [2.05, 4.69) is 10.3 Å². The molecule has 2 rings (SSSR count). The first kappa shape index (κ1) is 14.3. The van der Waals surface area contributed by atoms with Gasteiger partial charge in [-0.1, -0.05) is 0 Å². The first-order valence-electron chi connectivity index (χ1n) is 5.99. The van der Waals surface area contributed by atoms with Gasteiger partial charge in [0.2, 0.25) is 0 Å². The highest BCUT2D eigenvalue weighted by Gasteiger charge is 2.10. The predicted molar refractivity (Wildman–Crippen MR) is 81.0 cm³/mol. The molecule has 1 unspecified atom stereocenters. The highest BCUT2D eigenvalue weighted by Crippen LogP contribution is 2.18. The van der Waals surface area contributed by atoms with Gasteiger partial charge < -0.3 is 10.4 Å². The minimum absolute atomic E-state index is 0.154. The van der Waals surface area contributed by atoms with Gasteiger partial charge >= 0.3 is 0 Å². The molecular weight excluding hydrogens is 280 g/mol. The molecule has 0 aliphatic heterocycles. The molecule has 1 heterocycles. The standard InChI is InChI=1S/C13H16N2O2S2/c1-18-5-4-10(16)7-14-13(17)9-2-3-11-12(6-9)19-8-15-11/h2-3,6,8,10,16H,4-5,7H2,1H3,(H,14,17). The van der Waals surface area contributed by atoms with E-state index < -0.39 is 6.10 Å². The Morgan fingerprint density at radius 1 is 1.58 bits per heavy atom. The molecule has 1 aromatic carbocycles. The van der Waals surface area contributed by atoms with Gasteiger partial charge in [0.15, 0.2) is 0 Å². The predicted octanol–water partition coefficient (Wildman–Crippen LogP) is 2.14. The number of carbonyl (C=O) groups excluding carboxylic acids is 1. The van der Waals surface area contributed by atoms with E-state index in [0.717, 1.165) is 16.0 Å². The van der Waals surface area contributed by atoms with Crippen LogP contribution in [0.1, 0.15) is 16.8 Å². The van der Waals surface area contributed by atoms with Crippen LogP contribution in [0.2, 0.25) is 0 Å². The van der Waals surface area contributed by atoms with Gasteiger partial charge in [-0.3, -0.25) is 4.79 Å². The van der Waals surface area contributed by atoms with Crippen LogP contribution in [-0.2, 0) is 0 Å². The van der Waals surface area contributed by atoms with Crippen LogP contribution >= 0.6 is 23.1 Å². The van der Waals surface area contributed by atoms with E-state index in [0.29, 0.717) is 18.5 Å². The van der Waals surface area contributed by atoms with Gasteiger partial charge in [0, 0.05) is 12.1 Å². The second kappa shape index (κ2) is 6.88. The van der Waals surface area contributed by atoms with Crippen LogP contribution in [0.15, 0.2) is 23.7 Å². The van der Waals surface area contributed by atoms with E-state index >= 15 is 0 Å². The number of thiazole rings is 1. The van der Waals surface area contributed by atoms with Crippen LogP contribution in [0.3, 0.4) is 0 Å². The van der Waals surface area contributed by atoms with E-state index in [1.165, 1.54) is 11.3 Å². The fraction of sp³-hybridized carbons (Fsp3) is 0.385. The third-order valence-corrected chi connectivity index (χ3v) is 4.18. The summed E-state index contributed by atoms with van der Waals surface area (Å²) in [5.41, 5.74) is 3.27. The first-order valence-corrected chi connectivity index (χ1v) is 8.26. The normalized spacial score (nSPS) is 12.5. The average Bonchev–Trinajstić information content (AvgIpc) is 2.89. The Labute approximate surface area is 120 Å². The van der Waals surface area contributed by atoms with E-state index in [-0.39, 0.29) is 5.91 Å². The summed E-state index contributed by atoms with van der Waals surface area (Å²) in [7, 11) is 0. The zero-order valence-electron chi connectivity index (χ0n) is 10.6. The summed E-state index contributed by atoms with van der Waals surface area (Å²) in [6.07, 6.45) is 2.20. The number of hydrogen-bond donors (Lipinski definition) is 2. The molecule has 0 radical (unpaired) electrons. The topological polar surface area (TPSA) is 62.2 Å². The lowest BCUT2D eigenvalue weighted by atomic mass is 10.2. The summed E-state index contributed by atoms with van der Waals surface area (Å²) < 4.78 is 0.996. The van der Waals surface area contributed by atoms with E-state index in [9.17, 15) is 9.90 Å². The lowest BCUT2D eigenvalue weighted by molar-refractivity contribution is 0.0914. The monoisotopic (exact) mass is 296 g/mol. The van der Waals surface area contributed by atoms with Crippen LogP contribution in [-0.4, -0.2) is 40.7 Å². The maximum absolute atomic E-state index is 11.9. The number of aromatic nitrogens is 1. The van der Waals surface area contributed by atoms with Gasteiger partial charge in [0.25, 0.3) is 5.91 Å². The van der Waals surface area contributed by atoms with E-state index in [4.69, 9.17) is 0 Å². The largest absolute Gasteiger partial charge is 0.391 e. The molecular formula is C13H16N2O2S2. The number of fused-ring (bicyclic) bond motifs is 1. The number of amides is 1. The van der Waals surface area contributed by atoms with Crippen molar-refractivity contribution in [2.24, 2.45) is 0 Å². The molecule has 102 valence electrons. The molecule has 1 atom stereocenters. The number of thioether (sulfide) groups is 1. The van der Waals surface area contributed by atoms with Crippen LogP contribution in [0.25, 0.3) is 10.2 Å². The summed E-state index contributed by atoms with van der Waals surface area (Å²) in [4.78, 5) is 16.1. The Hall–Kier alpha value is -1.11. The average molecular weight is 296 g/mol. The fourth-order valence-electron chi connectivity index (χ4n) is 1.66. The minimum atomic E-state index is -0.483. The van der Waals surface area contributed by atoms with Crippen molar-refractivity contribution in [1.29, 1.82) is 0 Å². The number of aliphatic hydroxyl groups is 1. The Kier molecular flexibility index (Phi) is 5.18. The summed E-state index contributed by atoms with van der Waals surface area (Å²) >= 11 is 3.20. The summed E-state index contributed by atoms with van der Waals surface area (Å²) in [5.74, 6) is 0.739. The molecule has 2 N–H and O–H groups in total. The molecule has 4 nitrogen and oxygen atoms in total. The highest BCUT2D eigenvalue weighted by atomic mass is 32.2. The molecule has 19 heavy (non-hydrogen) atoms. The van der Waals surface area contributed by atoms with Crippen molar-refractivity contribution in [3.05, 3.63) is 29.3 Å². The molecule has 2 aromatic rings. The number of nitrogens with zero attached hydrogens (tertiary/aromatic N) is 1. The van der Waals surface area contributed by atoms with Crippen LogP contribution in [0, 0.1) is 0 Å². The maximum atomic E-state index is 11.9. The Bertz CT molecular complexity index is 556. The van der Waals surface area contributed by atoms with Crippen molar-refractivity contribution in [1.82, 2.24) is 10.3 Å². The van der Waals surface area contributed by atoms with Crippen LogP contribution < -0.4 is 5.32 Å². The third kappa shape index (κ3) is 3.92. The van der Waals surface area contributed by atoms with Gasteiger partial charge in [-0.25, -0.2) is 4.98 Å². The maximum Gasteiger partial charge on any atom is 0.251 e. The van der Waals surface area contributed by atoms with Crippen molar-refractivity contribution >= 4 is 39.2 Å². The third-order valence-electron chi connectivity index (χ3n) is 2.75. The van der Waals surface area contributed by atoms with Crippen molar-refractivity contribution in [2.45, 2.75) is 12.5 Å². The molecule has 0 saturated carbocycles. The second-order valence-corrected chi connectivity index (χ2v) is 6.05. The van der Waals surface area contributed by atoms with Gasteiger partial charge in [-0.05, 0) is 36.6 Å². The minimum Gasteiger partial charge on any atom is -0.391 e. The lowest BCUT2D eigenvalue weighted by Gasteiger charge is -2.11. The van der Waals surface area contributed by atoms with Crippen molar-refractivity contribution in [2.75, 3.05) is 18.6 Å². The number of nitrogens with one attached hydrogen (secondary N) is 1. The Balaban J connectivity index is 1.92. The lowest BCUT2D eigenvalue weighted by Crippen LogP contribution is -2.32. The summed E-state index contributed by atoms with van der Waals surface area (Å²) in [5, 5.41) is 12.4. The quantitative estimate of drug-likeness (QED) is 0.857. The smallest absolute Gasteiger partial charge is 0.251 e. The molecule has 0 saturated heterocycles. The van der Waals surface area contributed by atoms with Gasteiger partial charge in [-0.2, -0.15) is 11.8 Å². The summed E-state index contributed by atoms with van der Waals surface area (Å²) in [6.45, 7) is 0.292. The Morgan fingerprint density at radius 3 is 3.21 bits per heavy atom. The van der Waals surface area contributed by atoms with Gasteiger partial charge in [0.1, 0.15) is 0 Å². The van der Waals surface area contributed by atoms with Crippen LogP contribution in [0.5, 0.6) is 0 Å². The fourth-order valence-corrected chi connectivity index (χ4v) is 2.89. The van der Waals surface area contributed by atoms with Gasteiger partial charge in [0.05, 0.1) is 21.8 Å². The molecule has 6 heteroatoms. The highest BCUT2D eigenvalue weighted by molar-refractivity contribution is 7.98. The van der Waals surface area contributed by atoms with Crippen molar-refractivity contribution < 1.29 is 9.90 Å². The van der Waals surface area contributed by atoms with Crippen LogP contribution in [0.4, 0.5) is 0 Å². The number of aliphatic hydroxyl groups excluding tert-OH is 1. The van der Waals surface area contributed by atoms with Gasteiger partial charge in [-0.15, -0.1) is 11.3 Å². The number of rotatable bonds is 6. The molecule has 1 amide bonds. The van der Waals surface area contributed by atoms with E-state index in [1.807, 2.05) is 18.4 Å².